The standard InChI is InChI=1S/C23H31N3O3S/c1-4-25(17-21-8-6-5-7-9-21)23(27)18-24-12-14-26(15-13-24)30(28,29)22-16-19(2)10-11-20(22)3/h5-11,16H,4,12-15,17-18H2,1-3H3/p+1. The fourth-order valence-corrected chi connectivity index (χ4v) is 5.60. The molecule has 6 nitrogen and oxygen atoms in total. The van der Waals surface area contributed by atoms with E-state index in [1.165, 1.54) is 0 Å². The Bertz CT molecular complexity index is 968. The van der Waals surface area contributed by atoms with E-state index in [0.29, 0.717) is 50.7 Å². The molecule has 30 heavy (non-hydrogen) atoms. The lowest BCUT2D eigenvalue weighted by atomic mass is 10.2. The number of hydrogen-bond donors (Lipinski definition) is 1. The Labute approximate surface area is 180 Å². The van der Waals surface area contributed by atoms with Gasteiger partial charge in [0.05, 0.1) is 31.1 Å². The van der Waals surface area contributed by atoms with Gasteiger partial charge in [0.2, 0.25) is 10.0 Å². The van der Waals surface area contributed by atoms with Gasteiger partial charge >= 0.3 is 0 Å². The minimum atomic E-state index is -3.50. The Morgan fingerprint density at radius 1 is 1.07 bits per heavy atom. The van der Waals surface area contributed by atoms with Gasteiger partial charge in [0, 0.05) is 13.1 Å². The number of nitrogens with one attached hydrogen (secondary N) is 1. The Kier molecular flexibility index (Phi) is 7.28. The zero-order chi connectivity index (χ0) is 21.7. The number of amides is 1. The van der Waals surface area contributed by atoms with Gasteiger partial charge in [-0.25, -0.2) is 8.42 Å². The Morgan fingerprint density at radius 2 is 1.73 bits per heavy atom. The van der Waals surface area contributed by atoms with Crippen LogP contribution in [-0.2, 0) is 21.4 Å². The van der Waals surface area contributed by atoms with Crippen molar-refractivity contribution in [2.24, 2.45) is 0 Å². The molecule has 0 aromatic heterocycles. The van der Waals surface area contributed by atoms with Gasteiger partial charge in [0.1, 0.15) is 0 Å². The van der Waals surface area contributed by atoms with E-state index >= 15 is 0 Å². The number of likely N-dealkylation sites (N-methyl/N-ethyl adjacent to an activating group) is 1. The number of nitrogens with zero attached hydrogens (tertiary/aromatic N) is 2. The summed E-state index contributed by atoms with van der Waals surface area (Å²) in [6.07, 6.45) is 0. The number of benzene rings is 2. The second-order valence-electron chi connectivity index (χ2n) is 7.99. The van der Waals surface area contributed by atoms with E-state index in [2.05, 4.69) is 0 Å². The second kappa shape index (κ2) is 9.73. The lowest BCUT2D eigenvalue weighted by Gasteiger charge is -2.32. The van der Waals surface area contributed by atoms with E-state index in [1.54, 1.807) is 10.4 Å². The highest BCUT2D eigenvalue weighted by Gasteiger charge is 2.32. The number of carbonyl (C=O) groups excluding carboxylic acids is 1. The lowest BCUT2D eigenvalue weighted by molar-refractivity contribution is -0.896. The first-order chi connectivity index (χ1) is 14.3. The van der Waals surface area contributed by atoms with Gasteiger partial charge in [0.25, 0.3) is 5.91 Å². The molecule has 0 saturated carbocycles. The molecule has 1 aliphatic rings. The minimum Gasteiger partial charge on any atom is -0.334 e. The summed E-state index contributed by atoms with van der Waals surface area (Å²) in [4.78, 5) is 16.2. The Morgan fingerprint density at radius 3 is 2.37 bits per heavy atom. The number of carbonyl (C=O) groups is 1. The van der Waals surface area contributed by atoms with Gasteiger partial charge < -0.3 is 9.80 Å². The summed E-state index contributed by atoms with van der Waals surface area (Å²) >= 11 is 0. The van der Waals surface area contributed by atoms with Crippen LogP contribution in [0.3, 0.4) is 0 Å². The monoisotopic (exact) mass is 430 g/mol. The van der Waals surface area contributed by atoms with Crippen LogP contribution < -0.4 is 4.90 Å². The quantitative estimate of drug-likeness (QED) is 0.719. The van der Waals surface area contributed by atoms with Crippen molar-refractivity contribution in [3.8, 4) is 0 Å². The summed E-state index contributed by atoms with van der Waals surface area (Å²) in [5.41, 5.74) is 2.82. The molecule has 3 rings (SSSR count). The third kappa shape index (κ3) is 5.28. The van der Waals surface area contributed by atoms with E-state index in [1.807, 2.05) is 68.1 Å². The van der Waals surface area contributed by atoms with Gasteiger partial charge in [-0.1, -0.05) is 42.5 Å². The molecule has 0 atom stereocenters. The van der Waals surface area contributed by atoms with Gasteiger partial charge in [-0.05, 0) is 43.5 Å². The van der Waals surface area contributed by atoms with Gasteiger partial charge in [-0.3, -0.25) is 4.79 Å². The number of quaternary nitrogens is 1. The smallest absolute Gasteiger partial charge is 0.278 e. The van der Waals surface area contributed by atoms with Crippen LogP contribution in [0.1, 0.15) is 23.6 Å². The molecule has 0 unspecified atom stereocenters. The summed E-state index contributed by atoms with van der Waals surface area (Å²) in [5.74, 6) is 0.113. The van der Waals surface area contributed by atoms with Gasteiger partial charge in [-0.15, -0.1) is 0 Å². The molecule has 1 saturated heterocycles. The van der Waals surface area contributed by atoms with Crippen molar-refractivity contribution < 1.29 is 18.1 Å². The number of sulfonamides is 1. The number of aryl methyl sites for hydroxylation is 2. The van der Waals surface area contributed by atoms with Crippen LogP contribution in [0.15, 0.2) is 53.4 Å². The second-order valence-corrected chi connectivity index (χ2v) is 9.90. The fraction of sp³-hybridized carbons (Fsp3) is 0.435. The van der Waals surface area contributed by atoms with Crippen molar-refractivity contribution in [2.75, 3.05) is 39.3 Å². The molecule has 0 aliphatic carbocycles. The van der Waals surface area contributed by atoms with E-state index in [4.69, 9.17) is 0 Å². The van der Waals surface area contributed by atoms with E-state index in [0.717, 1.165) is 21.6 Å². The Balaban J connectivity index is 1.58. The normalized spacial score (nSPS) is 15.8. The summed E-state index contributed by atoms with van der Waals surface area (Å²) in [7, 11) is -3.50. The Hall–Kier alpha value is -2.22. The molecule has 1 N–H and O–H groups in total. The first-order valence-corrected chi connectivity index (χ1v) is 12.0. The molecule has 1 aliphatic heterocycles. The molecule has 2 aromatic rings. The lowest BCUT2D eigenvalue weighted by Crippen LogP contribution is -3.15. The summed E-state index contributed by atoms with van der Waals surface area (Å²) in [6.45, 7) is 9.54. The van der Waals surface area contributed by atoms with E-state index < -0.39 is 10.0 Å². The van der Waals surface area contributed by atoms with Crippen LogP contribution in [0.2, 0.25) is 0 Å². The molecule has 7 heteroatoms. The van der Waals surface area contributed by atoms with Crippen molar-refractivity contribution in [2.45, 2.75) is 32.2 Å². The maximum atomic E-state index is 13.1. The highest BCUT2D eigenvalue weighted by atomic mass is 32.2. The molecule has 0 spiro atoms. The largest absolute Gasteiger partial charge is 0.334 e. The predicted octanol–water partition coefficient (Wildman–Crippen LogP) is 1.24. The first kappa shape index (κ1) is 22.5. The van der Waals surface area contributed by atoms with E-state index in [-0.39, 0.29) is 5.91 Å². The van der Waals surface area contributed by atoms with Crippen molar-refractivity contribution >= 4 is 15.9 Å². The topological polar surface area (TPSA) is 62.1 Å². The molecule has 1 heterocycles. The van der Waals surface area contributed by atoms with Gasteiger partial charge in [-0.2, -0.15) is 4.31 Å². The van der Waals surface area contributed by atoms with Crippen LogP contribution in [0.5, 0.6) is 0 Å². The SMILES string of the molecule is CCN(Cc1ccccc1)C(=O)C[NH+]1CCN(S(=O)(=O)c2cc(C)ccc2C)CC1. The number of hydrogen-bond acceptors (Lipinski definition) is 3. The summed E-state index contributed by atoms with van der Waals surface area (Å²) < 4.78 is 27.7. The maximum Gasteiger partial charge on any atom is 0.278 e. The van der Waals surface area contributed by atoms with Crippen molar-refractivity contribution in [1.29, 1.82) is 0 Å². The van der Waals surface area contributed by atoms with Crippen LogP contribution in [-0.4, -0.2) is 62.8 Å². The predicted molar refractivity (Wildman–Crippen MR) is 118 cm³/mol. The molecule has 162 valence electrons. The molecule has 0 bridgehead atoms. The first-order valence-electron chi connectivity index (χ1n) is 10.5. The zero-order valence-electron chi connectivity index (χ0n) is 18.1. The average molecular weight is 431 g/mol. The van der Waals surface area contributed by atoms with Crippen molar-refractivity contribution in [3.05, 3.63) is 65.2 Å². The van der Waals surface area contributed by atoms with Gasteiger partial charge in [0.15, 0.2) is 6.54 Å². The highest BCUT2D eigenvalue weighted by molar-refractivity contribution is 7.89. The molecule has 1 fully saturated rings. The summed E-state index contributed by atoms with van der Waals surface area (Å²) in [6, 6.07) is 15.5. The molecule has 2 aromatic carbocycles. The van der Waals surface area contributed by atoms with Crippen LogP contribution in [0.4, 0.5) is 0 Å². The number of rotatable bonds is 7. The van der Waals surface area contributed by atoms with Crippen molar-refractivity contribution in [3.63, 3.8) is 0 Å². The third-order valence-electron chi connectivity index (χ3n) is 5.74. The average Bonchev–Trinajstić information content (AvgIpc) is 2.74. The minimum absolute atomic E-state index is 0.113. The molecule has 0 radical (unpaired) electrons. The number of piperazine rings is 1. The zero-order valence-corrected chi connectivity index (χ0v) is 18.9. The van der Waals surface area contributed by atoms with E-state index in [9.17, 15) is 13.2 Å². The third-order valence-corrected chi connectivity index (χ3v) is 7.78. The summed E-state index contributed by atoms with van der Waals surface area (Å²) in [5, 5.41) is 0. The van der Waals surface area contributed by atoms with Crippen LogP contribution >= 0.6 is 0 Å². The fourth-order valence-electron chi connectivity index (χ4n) is 3.85. The van der Waals surface area contributed by atoms with Crippen molar-refractivity contribution in [1.82, 2.24) is 9.21 Å². The van der Waals surface area contributed by atoms with Crippen LogP contribution in [0.25, 0.3) is 0 Å². The molecule has 1 amide bonds. The molecular weight excluding hydrogens is 398 g/mol. The highest BCUT2D eigenvalue weighted by Crippen LogP contribution is 2.21. The van der Waals surface area contributed by atoms with Crippen LogP contribution in [0, 0.1) is 13.8 Å². The molecular formula is C23H32N3O3S+. The maximum absolute atomic E-state index is 13.1.